The molecule has 1 aromatic rings. The monoisotopic (exact) mass is 253 g/mol. The highest BCUT2D eigenvalue weighted by Crippen LogP contribution is 2.26. The van der Waals surface area contributed by atoms with E-state index in [-0.39, 0.29) is 0 Å². The lowest BCUT2D eigenvalue weighted by Crippen LogP contribution is -2.33. The smallest absolute Gasteiger partial charge is 0.0597 e. The molecule has 0 unspecified atom stereocenters. The summed E-state index contributed by atoms with van der Waals surface area (Å²) in [6.07, 6.45) is 7.61. The number of thioether (sulfide) groups is 1. The van der Waals surface area contributed by atoms with E-state index in [1.807, 2.05) is 30.4 Å². The first-order valence-corrected chi connectivity index (χ1v) is 7.73. The van der Waals surface area contributed by atoms with Crippen LogP contribution in [0.2, 0.25) is 0 Å². The Labute approximate surface area is 108 Å². The van der Waals surface area contributed by atoms with Crippen molar-refractivity contribution in [1.82, 2.24) is 15.1 Å². The van der Waals surface area contributed by atoms with E-state index in [2.05, 4.69) is 22.7 Å². The van der Waals surface area contributed by atoms with Crippen LogP contribution in [-0.4, -0.2) is 27.3 Å². The molecule has 1 N–H and O–H groups in total. The van der Waals surface area contributed by atoms with E-state index in [9.17, 15) is 0 Å². The standard InChI is InChI=1S/C13H23N3S/c1-10-8-12(16(2)15-10)9-14-11-4-6-13(17-3)7-5-11/h8,11,13-14H,4-7,9H2,1-3H3. The highest BCUT2D eigenvalue weighted by Gasteiger charge is 2.20. The van der Waals surface area contributed by atoms with Crippen LogP contribution in [-0.2, 0) is 13.6 Å². The Balaban J connectivity index is 1.77. The zero-order chi connectivity index (χ0) is 12.3. The molecule has 1 aromatic heterocycles. The third-order valence-corrected chi connectivity index (χ3v) is 4.82. The van der Waals surface area contributed by atoms with Gasteiger partial charge in [-0.2, -0.15) is 16.9 Å². The van der Waals surface area contributed by atoms with Crippen LogP contribution >= 0.6 is 11.8 Å². The highest BCUT2D eigenvalue weighted by atomic mass is 32.2. The van der Waals surface area contributed by atoms with Crippen molar-refractivity contribution in [3.8, 4) is 0 Å². The molecule has 0 saturated heterocycles. The van der Waals surface area contributed by atoms with Gasteiger partial charge < -0.3 is 5.32 Å². The predicted octanol–water partition coefficient (Wildman–Crippen LogP) is 2.49. The molecule has 2 rings (SSSR count). The normalized spacial score (nSPS) is 25.1. The summed E-state index contributed by atoms with van der Waals surface area (Å²) < 4.78 is 1.98. The first-order chi connectivity index (χ1) is 8.19. The second kappa shape index (κ2) is 5.91. The fourth-order valence-electron chi connectivity index (χ4n) is 2.58. The fourth-order valence-corrected chi connectivity index (χ4v) is 3.32. The van der Waals surface area contributed by atoms with Gasteiger partial charge in [-0.05, 0) is 44.9 Å². The third-order valence-electron chi connectivity index (χ3n) is 3.68. The van der Waals surface area contributed by atoms with Crippen LogP contribution in [0.3, 0.4) is 0 Å². The van der Waals surface area contributed by atoms with Gasteiger partial charge in [0.25, 0.3) is 0 Å². The minimum absolute atomic E-state index is 0.702. The molecule has 0 aliphatic heterocycles. The van der Waals surface area contributed by atoms with Gasteiger partial charge in [0.1, 0.15) is 0 Å². The average Bonchev–Trinajstić information content (AvgIpc) is 2.66. The molecule has 1 fully saturated rings. The van der Waals surface area contributed by atoms with E-state index >= 15 is 0 Å². The Morgan fingerprint density at radius 1 is 1.41 bits per heavy atom. The number of nitrogens with zero attached hydrogens (tertiary/aromatic N) is 2. The number of nitrogens with one attached hydrogen (secondary N) is 1. The molecule has 0 bridgehead atoms. The molecule has 0 atom stereocenters. The van der Waals surface area contributed by atoms with Gasteiger partial charge in [0.15, 0.2) is 0 Å². The molecule has 1 aliphatic rings. The molecule has 96 valence electrons. The van der Waals surface area contributed by atoms with Crippen LogP contribution in [0, 0.1) is 6.92 Å². The van der Waals surface area contributed by atoms with E-state index in [4.69, 9.17) is 0 Å². The zero-order valence-corrected chi connectivity index (χ0v) is 11.9. The predicted molar refractivity (Wildman–Crippen MR) is 74.3 cm³/mol. The van der Waals surface area contributed by atoms with Gasteiger partial charge in [0.2, 0.25) is 0 Å². The van der Waals surface area contributed by atoms with Gasteiger partial charge in [0, 0.05) is 24.9 Å². The maximum atomic E-state index is 4.37. The minimum Gasteiger partial charge on any atom is -0.308 e. The lowest BCUT2D eigenvalue weighted by molar-refractivity contribution is 0.375. The Morgan fingerprint density at radius 3 is 2.65 bits per heavy atom. The number of rotatable bonds is 4. The summed E-state index contributed by atoms with van der Waals surface area (Å²) in [6.45, 7) is 3.00. The van der Waals surface area contributed by atoms with E-state index < -0.39 is 0 Å². The van der Waals surface area contributed by atoms with Crippen molar-refractivity contribution in [1.29, 1.82) is 0 Å². The van der Waals surface area contributed by atoms with Crippen molar-refractivity contribution in [2.24, 2.45) is 7.05 Å². The van der Waals surface area contributed by atoms with Crippen LogP contribution < -0.4 is 5.32 Å². The highest BCUT2D eigenvalue weighted by molar-refractivity contribution is 7.99. The number of hydrogen-bond donors (Lipinski definition) is 1. The molecule has 0 spiro atoms. The van der Waals surface area contributed by atoms with Crippen LogP contribution in [0.5, 0.6) is 0 Å². The molecule has 0 amide bonds. The lowest BCUT2D eigenvalue weighted by atomic mass is 9.95. The topological polar surface area (TPSA) is 29.9 Å². The quantitative estimate of drug-likeness (QED) is 0.894. The van der Waals surface area contributed by atoms with Crippen LogP contribution in [0.4, 0.5) is 0 Å². The Hall–Kier alpha value is -0.480. The van der Waals surface area contributed by atoms with Crippen LogP contribution in [0.25, 0.3) is 0 Å². The summed E-state index contributed by atoms with van der Waals surface area (Å²) >= 11 is 2.03. The summed E-state index contributed by atoms with van der Waals surface area (Å²) in [4.78, 5) is 0. The summed E-state index contributed by atoms with van der Waals surface area (Å²) in [5.74, 6) is 0. The second-order valence-corrected chi connectivity index (χ2v) is 6.13. The van der Waals surface area contributed by atoms with E-state index in [1.165, 1.54) is 31.4 Å². The number of aryl methyl sites for hydroxylation is 2. The summed E-state index contributed by atoms with van der Waals surface area (Å²) in [7, 11) is 2.02. The van der Waals surface area contributed by atoms with E-state index in [0.717, 1.165) is 17.5 Å². The first kappa shape index (κ1) is 13.0. The largest absolute Gasteiger partial charge is 0.308 e. The zero-order valence-electron chi connectivity index (χ0n) is 11.1. The summed E-state index contributed by atoms with van der Waals surface area (Å²) in [6, 6.07) is 2.87. The SMILES string of the molecule is CSC1CCC(NCc2cc(C)nn2C)CC1. The van der Waals surface area contributed by atoms with Crippen molar-refractivity contribution in [3.05, 3.63) is 17.5 Å². The van der Waals surface area contributed by atoms with Gasteiger partial charge in [-0.25, -0.2) is 0 Å². The van der Waals surface area contributed by atoms with Gasteiger partial charge >= 0.3 is 0 Å². The first-order valence-electron chi connectivity index (χ1n) is 6.44. The molecule has 0 radical (unpaired) electrons. The third kappa shape index (κ3) is 3.49. The molecule has 1 heterocycles. The molecule has 3 nitrogen and oxygen atoms in total. The lowest BCUT2D eigenvalue weighted by Gasteiger charge is -2.28. The van der Waals surface area contributed by atoms with Gasteiger partial charge in [0.05, 0.1) is 11.4 Å². The van der Waals surface area contributed by atoms with Crippen molar-refractivity contribution in [2.45, 2.75) is 50.4 Å². The molecule has 4 heteroatoms. The molecular formula is C13H23N3S. The summed E-state index contributed by atoms with van der Waals surface area (Å²) in [5.41, 5.74) is 2.39. The van der Waals surface area contributed by atoms with Crippen molar-refractivity contribution >= 4 is 11.8 Å². The maximum absolute atomic E-state index is 4.37. The molecule has 17 heavy (non-hydrogen) atoms. The average molecular weight is 253 g/mol. The minimum atomic E-state index is 0.702. The van der Waals surface area contributed by atoms with Gasteiger partial charge in [-0.1, -0.05) is 0 Å². The van der Waals surface area contributed by atoms with Gasteiger partial charge in [-0.15, -0.1) is 0 Å². The Morgan fingerprint density at radius 2 is 2.12 bits per heavy atom. The van der Waals surface area contributed by atoms with Crippen molar-refractivity contribution < 1.29 is 0 Å². The molecule has 1 saturated carbocycles. The van der Waals surface area contributed by atoms with E-state index in [0.29, 0.717) is 6.04 Å². The van der Waals surface area contributed by atoms with Crippen molar-refractivity contribution in [2.75, 3.05) is 6.26 Å². The van der Waals surface area contributed by atoms with Crippen LogP contribution in [0.15, 0.2) is 6.07 Å². The second-order valence-electron chi connectivity index (χ2n) is 4.99. The van der Waals surface area contributed by atoms with Gasteiger partial charge in [-0.3, -0.25) is 4.68 Å². The molecule has 1 aliphatic carbocycles. The van der Waals surface area contributed by atoms with E-state index in [1.54, 1.807) is 0 Å². The van der Waals surface area contributed by atoms with Crippen molar-refractivity contribution in [3.63, 3.8) is 0 Å². The Bertz CT molecular complexity index is 354. The number of aromatic nitrogens is 2. The maximum Gasteiger partial charge on any atom is 0.0597 e. The summed E-state index contributed by atoms with van der Waals surface area (Å²) in [5, 5.41) is 8.94. The molecular weight excluding hydrogens is 230 g/mol. The van der Waals surface area contributed by atoms with Crippen LogP contribution in [0.1, 0.15) is 37.1 Å². The Kier molecular flexibility index (Phi) is 4.51. The molecule has 0 aromatic carbocycles. The fraction of sp³-hybridized carbons (Fsp3) is 0.769. The number of hydrogen-bond acceptors (Lipinski definition) is 3.